The fourth-order valence-corrected chi connectivity index (χ4v) is 5.80. The van der Waals surface area contributed by atoms with Gasteiger partial charge in [-0.3, -0.25) is 0 Å². The largest absolute Gasteiger partial charge is 0.459 e. The van der Waals surface area contributed by atoms with Crippen LogP contribution in [0.4, 0.5) is 0 Å². The quantitative estimate of drug-likeness (QED) is 0.0953. The molecule has 0 amide bonds. The van der Waals surface area contributed by atoms with Gasteiger partial charge in [-0.05, 0) is 24.3 Å². The van der Waals surface area contributed by atoms with Crippen LogP contribution in [0, 0.1) is 0 Å². The first kappa shape index (κ1) is 38.1. The Hall–Kier alpha value is -3.18. The molecule has 3 aliphatic rings. The molecule has 2 aromatic rings. The van der Waals surface area contributed by atoms with Gasteiger partial charge in [0, 0.05) is 0 Å². The molecule has 0 spiro atoms. The minimum absolute atomic E-state index is 0.0428. The molecule has 5 rings (SSSR count). The third-order valence-corrected chi connectivity index (χ3v) is 8.61. The second kappa shape index (κ2) is 16.4. The van der Waals surface area contributed by atoms with Crippen LogP contribution in [0.5, 0.6) is 0 Å². The highest BCUT2D eigenvalue weighted by Crippen LogP contribution is 2.39. The van der Waals surface area contributed by atoms with E-state index in [1.807, 2.05) is 0 Å². The van der Waals surface area contributed by atoms with Crippen LogP contribution in [0.3, 0.4) is 0 Å². The Morgan fingerprint density at radius 1 is 0.640 bits per heavy atom. The van der Waals surface area contributed by atoms with E-state index in [4.69, 9.17) is 33.2 Å². The fraction of sp³-hybridized carbons (Fsp3) is 0.562. The van der Waals surface area contributed by atoms with Gasteiger partial charge in [-0.25, -0.2) is 9.59 Å². The number of benzene rings is 2. The molecule has 3 heterocycles. The van der Waals surface area contributed by atoms with Gasteiger partial charge in [0.25, 0.3) is 0 Å². The molecule has 0 unspecified atom stereocenters. The van der Waals surface area contributed by atoms with E-state index in [0.717, 1.165) is 0 Å². The molecule has 3 aliphatic heterocycles. The normalized spacial score (nSPS) is 38.8. The van der Waals surface area contributed by atoms with E-state index in [9.17, 15) is 55.5 Å². The topological polar surface area (TPSA) is 281 Å². The zero-order valence-electron chi connectivity index (χ0n) is 26.3. The summed E-state index contributed by atoms with van der Waals surface area (Å²) in [5, 5.41) is 94.9. The molecule has 2 aromatic carbocycles. The van der Waals surface area contributed by atoms with E-state index in [0.29, 0.717) is 0 Å². The number of carbonyl (C=O) groups is 2. The van der Waals surface area contributed by atoms with Crippen molar-refractivity contribution in [1.29, 1.82) is 0 Å². The maximum absolute atomic E-state index is 13.0. The van der Waals surface area contributed by atoms with E-state index in [-0.39, 0.29) is 11.1 Å². The summed E-state index contributed by atoms with van der Waals surface area (Å²) in [6, 6.07) is 15.3. The van der Waals surface area contributed by atoms with Crippen molar-refractivity contribution < 1.29 is 88.7 Å². The van der Waals surface area contributed by atoms with Crippen LogP contribution in [-0.4, -0.2) is 170 Å². The zero-order valence-corrected chi connectivity index (χ0v) is 26.3. The van der Waals surface area contributed by atoms with E-state index in [1.165, 1.54) is 24.3 Å². The summed E-state index contributed by atoms with van der Waals surface area (Å²) in [5.74, 6) is -4.30. The van der Waals surface area contributed by atoms with Gasteiger partial charge < -0.3 is 79.1 Å². The Morgan fingerprint density at radius 2 is 1.20 bits per heavy atom. The fourth-order valence-electron chi connectivity index (χ4n) is 5.80. The molecular weight excluding hydrogens is 672 g/mol. The summed E-state index contributed by atoms with van der Waals surface area (Å²) < 4.78 is 39.3. The lowest BCUT2D eigenvalue weighted by atomic mass is 9.97. The van der Waals surface area contributed by atoms with Crippen LogP contribution in [0.25, 0.3) is 0 Å². The van der Waals surface area contributed by atoms with Crippen LogP contribution >= 0.6 is 0 Å². The van der Waals surface area contributed by atoms with Crippen molar-refractivity contribution in [2.75, 3.05) is 26.4 Å². The van der Waals surface area contributed by atoms with Crippen molar-refractivity contribution in [3.8, 4) is 0 Å². The van der Waals surface area contributed by atoms with E-state index in [2.05, 4.69) is 0 Å². The maximum atomic E-state index is 13.0. The molecule has 0 saturated carbocycles. The number of carbonyl (C=O) groups excluding carboxylic acids is 2. The van der Waals surface area contributed by atoms with Gasteiger partial charge in [0.1, 0.15) is 74.3 Å². The monoisotopic (exact) mass is 712 g/mol. The molecule has 0 radical (unpaired) electrons. The first-order valence-electron chi connectivity index (χ1n) is 15.7. The Kier molecular flexibility index (Phi) is 12.5. The third kappa shape index (κ3) is 7.83. The molecule has 3 saturated heterocycles. The van der Waals surface area contributed by atoms with Gasteiger partial charge in [-0.2, -0.15) is 0 Å². The Bertz CT molecular complexity index is 1400. The molecule has 50 heavy (non-hydrogen) atoms. The molecule has 18 heteroatoms. The summed E-state index contributed by atoms with van der Waals surface area (Å²) in [5.41, 5.74) is 0.218. The van der Waals surface area contributed by atoms with E-state index < -0.39 is 124 Å². The predicted octanol–water partition coefficient (Wildman–Crippen LogP) is -3.84. The van der Waals surface area contributed by atoms with Crippen LogP contribution in [-0.2, 0) is 33.2 Å². The highest BCUT2D eigenvalue weighted by molar-refractivity contribution is 5.89. The highest BCUT2D eigenvalue weighted by Gasteiger charge is 2.61. The van der Waals surface area contributed by atoms with Crippen LogP contribution in [0.1, 0.15) is 20.7 Å². The first-order valence-corrected chi connectivity index (χ1v) is 15.7. The third-order valence-electron chi connectivity index (χ3n) is 8.61. The average molecular weight is 713 g/mol. The minimum Gasteiger partial charge on any atom is -0.459 e. The number of ether oxygens (including phenoxy) is 7. The van der Waals surface area contributed by atoms with Gasteiger partial charge in [0.15, 0.2) is 18.7 Å². The maximum Gasteiger partial charge on any atom is 0.338 e. The number of esters is 2. The minimum atomic E-state index is -2.53. The van der Waals surface area contributed by atoms with E-state index in [1.54, 1.807) is 36.4 Å². The SMILES string of the molecule is O=C(OC[C@H]1O[C@@H](O[C@H]2[C@H](O[C@]3(CO)O[C@H](CO)[C@@H](O)[C@H]3OC(=O)c3ccccc3)O[C@H](CO)[C@@H](O)[C@H]2O)[C@H](O)[C@H](O)[C@@H]1O)c1ccccc1. The van der Waals surface area contributed by atoms with Gasteiger partial charge in [0.05, 0.1) is 24.3 Å². The summed E-state index contributed by atoms with van der Waals surface area (Å²) >= 11 is 0. The Balaban J connectivity index is 1.39. The van der Waals surface area contributed by atoms with Gasteiger partial charge in [-0.15, -0.1) is 0 Å². The molecule has 14 atom stereocenters. The van der Waals surface area contributed by atoms with Gasteiger partial charge in [-0.1, -0.05) is 36.4 Å². The summed E-state index contributed by atoms with van der Waals surface area (Å²) in [7, 11) is 0. The van der Waals surface area contributed by atoms with Crippen molar-refractivity contribution in [3.63, 3.8) is 0 Å². The van der Waals surface area contributed by atoms with Crippen LogP contribution < -0.4 is 0 Å². The summed E-state index contributed by atoms with van der Waals surface area (Å²) in [4.78, 5) is 25.5. The van der Waals surface area contributed by atoms with Crippen molar-refractivity contribution in [2.45, 2.75) is 85.5 Å². The molecule has 0 aliphatic carbocycles. The smallest absolute Gasteiger partial charge is 0.338 e. The van der Waals surface area contributed by atoms with E-state index >= 15 is 0 Å². The van der Waals surface area contributed by atoms with Crippen LogP contribution in [0.2, 0.25) is 0 Å². The Morgan fingerprint density at radius 3 is 1.78 bits per heavy atom. The van der Waals surface area contributed by atoms with Gasteiger partial charge in [0.2, 0.25) is 5.79 Å². The first-order chi connectivity index (χ1) is 23.9. The number of hydrogen-bond acceptors (Lipinski definition) is 18. The summed E-state index contributed by atoms with van der Waals surface area (Å²) in [6.45, 7) is -3.51. The van der Waals surface area contributed by atoms with Gasteiger partial charge >= 0.3 is 11.9 Å². The molecule has 18 nitrogen and oxygen atoms in total. The second-order valence-electron chi connectivity index (χ2n) is 11.9. The second-order valence-corrected chi connectivity index (χ2v) is 11.9. The van der Waals surface area contributed by atoms with Crippen molar-refractivity contribution >= 4 is 11.9 Å². The molecule has 0 bridgehead atoms. The lowest BCUT2D eigenvalue weighted by molar-refractivity contribution is -0.407. The number of hydrogen-bond donors (Lipinski definition) is 9. The molecule has 9 N–H and O–H groups in total. The van der Waals surface area contributed by atoms with Crippen molar-refractivity contribution in [2.24, 2.45) is 0 Å². The van der Waals surface area contributed by atoms with Crippen molar-refractivity contribution in [1.82, 2.24) is 0 Å². The number of rotatable bonds is 12. The molecule has 0 aromatic heterocycles. The highest BCUT2D eigenvalue weighted by atomic mass is 16.8. The molecular formula is C32H40O18. The zero-order chi connectivity index (χ0) is 36.2. The lowest BCUT2D eigenvalue weighted by Gasteiger charge is -2.47. The number of aliphatic hydroxyl groups excluding tert-OH is 9. The van der Waals surface area contributed by atoms with Crippen molar-refractivity contribution in [3.05, 3.63) is 71.8 Å². The Labute approximate surface area is 284 Å². The van der Waals surface area contributed by atoms with Crippen LogP contribution in [0.15, 0.2) is 60.7 Å². The summed E-state index contributed by atoms with van der Waals surface area (Å²) in [6.07, 6.45) is -23.6. The lowest BCUT2D eigenvalue weighted by Crippen LogP contribution is -2.66. The molecule has 3 fully saturated rings. The average Bonchev–Trinajstić information content (AvgIpc) is 3.40. The number of aliphatic hydroxyl groups is 9. The molecule has 276 valence electrons. The standard InChI is InChI=1S/C32H40O18/c33-11-17-20(36)24(40)26(47-30-25(41)23(39)21(37)19(46-30)13-44-28(42)15-7-3-1-4-8-15)31(45-17)50-32(14-35)27(22(38)18(12-34)49-32)48-29(43)16-9-5-2-6-10-16/h1-10,17-27,30-31,33-41H,11-14H2/t17-,18-,19-,20-,21-,22-,23-,24-,25-,26-,27-,30+,31+,32+/m1/s1. The predicted molar refractivity (Wildman–Crippen MR) is 161 cm³/mol.